The zero-order valence-corrected chi connectivity index (χ0v) is 11.6. The van der Waals surface area contributed by atoms with Gasteiger partial charge in [0.2, 0.25) is 5.91 Å². The highest BCUT2D eigenvalue weighted by atomic mass is 16.1. The molecule has 0 bridgehead atoms. The Morgan fingerprint density at radius 3 is 2.35 bits per heavy atom. The summed E-state index contributed by atoms with van der Waals surface area (Å²) < 4.78 is 0. The molecule has 1 unspecified atom stereocenters. The van der Waals surface area contributed by atoms with Crippen molar-refractivity contribution < 1.29 is 4.79 Å². The Labute approximate surface area is 104 Å². The van der Waals surface area contributed by atoms with Crippen molar-refractivity contribution in [3.63, 3.8) is 0 Å². The number of amides is 1. The van der Waals surface area contributed by atoms with E-state index < -0.39 is 0 Å². The van der Waals surface area contributed by atoms with E-state index >= 15 is 0 Å². The van der Waals surface area contributed by atoms with Crippen LogP contribution in [-0.2, 0) is 4.79 Å². The van der Waals surface area contributed by atoms with Gasteiger partial charge in [0.05, 0.1) is 0 Å². The van der Waals surface area contributed by atoms with Crippen molar-refractivity contribution in [3.8, 4) is 0 Å². The molecule has 0 aromatic heterocycles. The van der Waals surface area contributed by atoms with Gasteiger partial charge in [0.25, 0.3) is 0 Å². The first-order valence-corrected chi connectivity index (χ1v) is 6.26. The van der Waals surface area contributed by atoms with Crippen LogP contribution in [0.4, 0.5) is 0 Å². The maximum Gasteiger partial charge on any atom is 0.247 e. The summed E-state index contributed by atoms with van der Waals surface area (Å²) in [6, 6.07) is 0.209. The summed E-state index contributed by atoms with van der Waals surface area (Å²) in [5.41, 5.74) is 2.11. The van der Waals surface area contributed by atoms with Crippen LogP contribution < -0.4 is 10.6 Å². The number of nitrogens with zero attached hydrogens (tertiary/aromatic N) is 1. The molecule has 1 aliphatic heterocycles. The second kappa shape index (κ2) is 6.17. The largest absolute Gasteiger partial charge is 0.348 e. The third-order valence-corrected chi connectivity index (χ3v) is 3.23. The van der Waals surface area contributed by atoms with Gasteiger partial charge >= 0.3 is 0 Å². The third-order valence-electron chi connectivity index (χ3n) is 3.23. The zero-order chi connectivity index (χ0) is 13.0. The average molecular weight is 239 g/mol. The third kappa shape index (κ3) is 4.13. The first kappa shape index (κ1) is 14.2. The fourth-order valence-corrected chi connectivity index (χ4v) is 1.77. The molecule has 2 N–H and O–H groups in total. The summed E-state index contributed by atoms with van der Waals surface area (Å²) in [5, 5.41) is 6.29. The molecule has 0 aliphatic carbocycles. The van der Waals surface area contributed by atoms with Crippen LogP contribution in [0, 0.1) is 5.92 Å². The van der Waals surface area contributed by atoms with Gasteiger partial charge in [0.1, 0.15) is 0 Å². The summed E-state index contributed by atoms with van der Waals surface area (Å²) >= 11 is 0. The molecule has 1 rings (SSSR count). The predicted octanol–water partition coefficient (Wildman–Crippen LogP) is 0.609. The number of rotatable bonds is 5. The van der Waals surface area contributed by atoms with E-state index in [-0.39, 0.29) is 11.9 Å². The van der Waals surface area contributed by atoms with Gasteiger partial charge in [-0.25, -0.2) is 0 Å². The lowest BCUT2D eigenvalue weighted by Gasteiger charge is -2.27. The van der Waals surface area contributed by atoms with Crippen LogP contribution >= 0.6 is 0 Å². The van der Waals surface area contributed by atoms with Gasteiger partial charge in [0, 0.05) is 31.2 Å². The zero-order valence-electron chi connectivity index (χ0n) is 11.6. The minimum atomic E-state index is 0.0852. The van der Waals surface area contributed by atoms with E-state index in [0.717, 1.165) is 25.2 Å². The standard InChI is InChI=1S/C13H25N3O/c1-9(2)12(8-16(4)5)15-13(17)10(3)11-6-14-7-11/h9,12,14H,6-8H2,1-5H3,(H,15,17). The van der Waals surface area contributed by atoms with Crippen LogP contribution in [0.1, 0.15) is 20.8 Å². The maximum atomic E-state index is 12.1. The summed E-state index contributed by atoms with van der Waals surface area (Å²) in [6.07, 6.45) is 0. The predicted molar refractivity (Wildman–Crippen MR) is 70.9 cm³/mol. The van der Waals surface area contributed by atoms with Crippen molar-refractivity contribution >= 4 is 5.91 Å². The van der Waals surface area contributed by atoms with Gasteiger partial charge in [-0.2, -0.15) is 0 Å². The number of likely N-dealkylation sites (N-methyl/N-ethyl adjacent to an activating group) is 1. The monoisotopic (exact) mass is 239 g/mol. The molecule has 4 heteroatoms. The van der Waals surface area contributed by atoms with Crippen LogP contribution in [0.3, 0.4) is 0 Å². The summed E-state index contributed by atoms with van der Waals surface area (Å²) in [7, 11) is 4.06. The smallest absolute Gasteiger partial charge is 0.247 e. The van der Waals surface area contributed by atoms with Gasteiger partial charge < -0.3 is 15.5 Å². The summed E-state index contributed by atoms with van der Waals surface area (Å²) in [6.45, 7) is 8.80. The van der Waals surface area contributed by atoms with Crippen LogP contribution in [0.15, 0.2) is 11.1 Å². The summed E-state index contributed by atoms with van der Waals surface area (Å²) in [5.74, 6) is 0.528. The Bertz CT molecular complexity index is 302. The molecule has 0 saturated carbocycles. The van der Waals surface area contributed by atoms with Crippen molar-refractivity contribution in [2.24, 2.45) is 5.92 Å². The number of carbonyl (C=O) groups excluding carboxylic acids is 1. The number of hydrogen-bond acceptors (Lipinski definition) is 3. The minimum absolute atomic E-state index is 0.0852. The number of carbonyl (C=O) groups is 1. The molecule has 0 aromatic rings. The highest BCUT2D eigenvalue weighted by Crippen LogP contribution is 2.10. The Morgan fingerprint density at radius 1 is 1.41 bits per heavy atom. The van der Waals surface area contributed by atoms with Crippen molar-refractivity contribution in [2.75, 3.05) is 33.7 Å². The maximum absolute atomic E-state index is 12.1. The summed E-state index contributed by atoms with van der Waals surface area (Å²) in [4.78, 5) is 14.2. The van der Waals surface area contributed by atoms with Crippen molar-refractivity contribution in [3.05, 3.63) is 11.1 Å². The normalized spacial score (nSPS) is 17.0. The van der Waals surface area contributed by atoms with E-state index in [4.69, 9.17) is 0 Å². The van der Waals surface area contributed by atoms with E-state index in [0.29, 0.717) is 5.92 Å². The quantitative estimate of drug-likeness (QED) is 0.691. The molecular formula is C13H25N3O. The molecule has 1 aliphatic rings. The second-order valence-corrected chi connectivity index (χ2v) is 5.42. The highest BCUT2D eigenvalue weighted by molar-refractivity contribution is 5.94. The van der Waals surface area contributed by atoms with Crippen LogP contribution in [-0.4, -0.2) is 50.6 Å². The Morgan fingerprint density at radius 2 is 2.00 bits per heavy atom. The molecule has 1 saturated heterocycles. The molecule has 1 heterocycles. The first-order chi connectivity index (χ1) is 7.91. The lowest BCUT2D eigenvalue weighted by atomic mass is 10.0. The van der Waals surface area contributed by atoms with Gasteiger partial charge in [-0.1, -0.05) is 13.8 Å². The topological polar surface area (TPSA) is 44.4 Å². The lowest BCUT2D eigenvalue weighted by molar-refractivity contribution is -0.118. The molecule has 98 valence electrons. The molecule has 0 spiro atoms. The van der Waals surface area contributed by atoms with Crippen molar-refractivity contribution in [2.45, 2.75) is 26.8 Å². The van der Waals surface area contributed by atoms with E-state index in [9.17, 15) is 4.79 Å². The fourth-order valence-electron chi connectivity index (χ4n) is 1.77. The highest BCUT2D eigenvalue weighted by Gasteiger charge is 2.20. The Kier molecular flexibility index (Phi) is 5.15. The first-order valence-electron chi connectivity index (χ1n) is 6.26. The molecule has 4 nitrogen and oxygen atoms in total. The SMILES string of the molecule is CC(C(=O)NC(CN(C)C)C(C)C)=C1CNC1. The molecule has 1 atom stereocenters. The fraction of sp³-hybridized carbons (Fsp3) is 0.769. The Hall–Kier alpha value is -0.870. The molecule has 17 heavy (non-hydrogen) atoms. The van der Waals surface area contributed by atoms with E-state index in [1.807, 2.05) is 21.0 Å². The molecule has 1 fully saturated rings. The number of hydrogen-bond donors (Lipinski definition) is 2. The van der Waals surface area contributed by atoms with E-state index in [1.165, 1.54) is 5.57 Å². The molecule has 0 aromatic carbocycles. The minimum Gasteiger partial charge on any atom is -0.348 e. The van der Waals surface area contributed by atoms with Gasteiger partial charge in [-0.3, -0.25) is 4.79 Å². The molecule has 0 radical (unpaired) electrons. The lowest BCUT2D eigenvalue weighted by Crippen LogP contribution is -2.46. The van der Waals surface area contributed by atoms with Crippen LogP contribution in [0.5, 0.6) is 0 Å². The van der Waals surface area contributed by atoms with E-state index in [1.54, 1.807) is 0 Å². The van der Waals surface area contributed by atoms with Crippen LogP contribution in [0.2, 0.25) is 0 Å². The number of nitrogens with one attached hydrogen (secondary N) is 2. The molecule has 1 amide bonds. The van der Waals surface area contributed by atoms with Crippen LogP contribution in [0.25, 0.3) is 0 Å². The Balaban J connectivity index is 2.57. The van der Waals surface area contributed by atoms with Crippen molar-refractivity contribution in [1.82, 2.24) is 15.5 Å². The van der Waals surface area contributed by atoms with Gasteiger partial charge in [-0.05, 0) is 32.5 Å². The second-order valence-electron chi connectivity index (χ2n) is 5.42. The van der Waals surface area contributed by atoms with E-state index in [2.05, 4.69) is 29.4 Å². The van der Waals surface area contributed by atoms with Crippen molar-refractivity contribution in [1.29, 1.82) is 0 Å². The average Bonchev–Trinajstić information content (AvgIpc) is 2.12. The van der Waals surface area contributed by atoms with Gasteiger partial charge in [-0.15, -0.1) is 0 Å². The van der Waals surface area contributed by atoms with Gasteiger partial charge in [0.15, 0.2) is 0 Å². The molecular weight excluding hydrogens is 214 g/mol.